The second kappa shape index (κ2) is 9.43. The van der Waals surface area contributed by atoms with Crippen LogP contribution in [0.3, 0.4) is 0 Å². The molecule has 0 saturated carbocycles. The number of halogens is 2. The van der Waals surface area contributed by atoms with E-state index in [9.17, 15) is 13.2 Å². The third-order valence-electron chi connectivity index (χ3n) is 5.00. The van der Waals surface area contributed by atoms with Crippen LogP contribution in [-0.4, -0.2) is 45.9 Å². The molecule has 0 atom stereocenters. The van der Waals surface area contributed by atoms with Gasteiger partial charge in [-0.25, -0.2) is 8.42 Å². The van der Waals surface area contributed by atoms with Crippen molar-refractivity contribution in [3.63, 3.8) is 0 Å². The number of nitrogens with zero attached hydrogens (tertiary/aromatic N) is 1. The molecule has 1 aliphatic rings. The van der Waals surface area contributed by atoms with Crippen molar-refractivity contribution in [2.75, 3.05) is 32.6 Å². The summed E-state index contributed by atoms with van der Waals surface area (Å²) in [5.41, 5.74) is 0.439. The number of carbonyl (C=O) groups excluding carboxylic acids is 1. The van der Waals surface area contributed by atoms with Gasteiger partial charge in [-0.1, -0.05) is 23.2 Å². The van der Waals surface area contributed by atoms with E-state index in [-0.39, 0.29) is 29.8 Å². The Morgan fingerprint density at radius 3 is 2.33 bits per heavy atom. The molecule has 10 heteroatoms. The van der Waals surface area contributed by atoms with Crippen LogP contribution in [0.2, 0.25) is 10.0 Å². The number of hydrogen-bond donors (Lipinski definition) is 1. The largest absolute Gasteiger partial charge is 0.493 e. The van der Waals surface area contributed by atoms with Gasteiger partial charge in [-0.2, -0.15) is 4.31 Å². The topological polar surface area (TPSA) is 84.9 Å². The maximum absolute atomic E-state index is 13.0. The van der Waals surface area contributed by atoms with Gasteiger partial charge in [0, 0.05) is 30.1 Å². The Bertz CT molecular complexity index is 1040. The number of piperidine rings is 1. The Balaban J connectivity index is 1.67. The van der Waals surface area contributed by atoms with Gasteiger partial charge in [0.05, 0.1) is 29.8 Å². The SMILES string of the molecule is COc1ccc(S(=O)(=O)N2CCC(C(=O)Nc3cc(Cl)ccc3Cl)CC2)cc1OC. The van der Waals surface area contributed by atoms with Crippen molar-refractivity contribution in [2.45, 2.75) is 17.7 Å². The monoisotopic (exact) mass is 472 g/mol. The molecular weight excluding hydrogens is 451 g/mol. The van der Waals surface area contributed by atoms with E-state index in [1.807, 2.05) is 0 Å². The molecule has 1 saturated heterocycles. The molecule has 1 amide bonds. The summed E-state index contributed by atoms with van der Waals surface area (Å²) in [6, 6.07) is 9.30. The van der Waals surface area contributed by atoms with E-state index in [0.717, 1.165) is 0 Å². The first kappa shape index (κ1) is 22.7. The van der Waals surface area contributed by atoms with E-state index in [2.05, 4.69) is 5.32 Å². The van der Waals surface area contributed by atoms with E-state index in [1.165, 1.54) is 30.7 Å². The van der Waals surface area contributed by atoms with Gasteiger partial charge in [0.25, 0.3) is 0 Å². The number of anilines is 1. The molecule has 7 nitrogen and oxygen atoms in total. The second-order valence-electron chi connectivity index (χ2n) is 6.81. The summed E-state index contributed by atoms with van der Waals surface area (Å²) in [5.74, 6) is 0.261. The van der Waals surface area contributed by atoms with E-state index in [1.54, 1.807) is 24.3 Å². The highest BCUT2D eigenvalue weighted by molar-refractivity contribution is 7.89. The molecule has 2 aromatic carbocycles. The van der Waals surface area contributed by atoms with Gasteiger partial charge in [-0.05, 0) is 43.2 Å². The lowest BCUT2D eigenvalue weighted by Gasteiger charge is -2.30. The maximum Gasteiger partial charge on any atom is 0.243 e. The van der Waals surface area contributed by atoms with Crippen molar-refractivity contribution >= 4 is 44.8 Å². The molecule has 0 spiro atoms. The molecule has 30 heavy (non-hydrogen) atoms. The van der Waals surface area contributed by atoms with Crippen molar-refractivity contribution in [3.05, 3.63) is 46.4 Å². The summed E-state index contributed by atoms with van der Waals surface area (Å²) in [4.78, 5) is 12.7. The molecule has 3 rings (SSSR count). The van der Waals surface area contributed by atoms with Crippen LogP contribution >= 0.6 is 23.2 Å². The first-order valence-corrected chi connectivity index (χ1v) is 11.4. The fraction of sp³-hybridized carbons (Fsp3) is 0.350. The minimum atomic E-state index is -3.71. The molecule has 1 heterocycles. The van der Waals surface area contributed by atoms with Crippen LogP contribution in [0.5, 0.6) is 11.5 Å². The highest BCUT2D eigenvalue weighted by Gasteiger charge is 2.32. The smallest absolute Gasteiger partial charge is 0.243 e. The zero-order valence-electron chi connectivity index (χ0n) is 16.5. The molecule has 0 aliphatic carbocycles. The van der Waals surface area contributed by atoms with Gasteiger partial charge in [-0.3, -0.25) is 4.79 Å². The molecule has 1 fully saturated rings. The highest BCUT2D eigenvalue weighted by Crippen LogP contribution is 2.32. The third-order valence-corrected chi connectivity index (χ3v) is 7.46. The zero-order chi connectivity index (χ0) is 21.9. The average Bonchev–Trinajstić information content (AvgIpc) is 2.75. The summed E-state index contributed by atoms with van der Waals surface area (Å²) in [6.07, 6.45) is 0.799. The van der Waals surface area contributed by atoms with Gasteiger partial charge >= 0.3 is 0 Å². The van der Waals surface area contributed by atoms with Crippen molar-refractivity contribution in [1.29, 1.82) is 0 Å². The third kappa shape index (κ3) is 4.83. The number of sulfonamides is 1. The predicted octanol–water partition coefficient (Wildman–Crippen LogP) is 4.05. The molecule has 2 aromatic rings. The number of amides is 1. The maximum atomic E-state index is 13.0. The summed E-state index contributed by atoms with van der Waals surface area (Å²) in [7, 11) is -0.779. The van der Waals surface area contributed by atoms with Gasteiger partial charge in [0.2, 0.25) is 15.9 Å². The summed E-state index contributed by atoms with van der Waals surface area (Å²) >= 11 is 12.1. The summed E-state index contributed by atoms with van der Waals surface area (Å²) in [5, 5.41) is 3.63. The van der Waals surface area contributed by atoms with Crippen LogP contribution in [0, 0.1) is 5.92 Å². The fourth-order valence-corrected chi connectivity index (χ4v) is 5.14. The lowest BCUT2D eigenvalue weighted by Crippen LogP contribution is -2.41. The van der Waals surface area contributed by atoms with E-state index in [4.69, 9.17) is 32.7 Å². The first-order chi connectivity index (χ1) is 14.3. The molecule has 0 unspecified atom stereocenters. The number of methoxy groups -OCH3 is 2. The van der Waals surface area contributed by atoms with E-state index in [0.29, 0.717) is 40.1 Å². The van der Waals surface area contributed by atoms with Gasteiger partial charge in [0.1, 0.15) is 0 Å². The van der Waals surface area contributed by atoms with E-state index >= 15 is 0 Å². The Hall–Kier alpha value is -2.00. The standard InChI is InChI=1S/C20H22Cl2N2O5S/c1-28-18-6-4-15(12-19(18)29-2)30(26,27)24-9-7-13(8-10-24)20(25)23-17-11-14(21)3-5-16(17)22/h3-6,11-13H,7-10H2,1-2H3,(H,23,25). The van der Waals surface area contributed by atoms with Crippen LogP contribution in [-0.2, 0) is 14.8 Å². The number of hydrogen-bond acceptors (Lipinski definition) is 5. The van der Waals surface area contributed by atoms with Crippen LogP contribution in [0.15, 0.2) is 41.3 Å². The molecular formula is C20H22Cl2N2O5S. The number of carbonyl (C=O) groups is 1. The van der Waals surface area contributed by atoms with Gasteiger partial charge in [-0.15, -0.1) is 0 Å². The lowest BCUT2D eigenvalue weighted by molar-refractivity contribution is -0.120. The number of nitrogens with one attached hydrogen (secondary N) is 1. The fourth-order valence-electron chi connectivity index (χ4n) is 3.31. The Kier molecular flexibility index (Phi) is 7.13. The Morgan fingerprint density at radius 1 is 1.03 bits per heavy atom. The normalized spacial score (nSPS) is 15.6. The van der Waals surface area contributed by atoms with E-state index < -0.39 is 10.0 Å². The minimum Gasteiger partial charge on any atom is -0.493 e. The lowest BCUT2D eigenvalue weighted by atomic mass is 9.97. The van der Waals surface area contributed by atoms with Crippen LogP contribution in [0.25, 0.3) is 0 Å². The Morgan fingerprint density at radius 2 is 1.70 bits per heavy atom. The molecule has 0 aromatic heterocycles. The van der Waals surface area contributed by atoms with Crippen LogP contribution in [0.4, 0.5) is 5.69 Å². The number of rotatable bonds is 6. The van der Waals surface area contributed by atoms with Crippen LogP contribution < -0.4 is 14.8 Å². The molecule has 0 radical (unpaired) electrons. The molecule has 1 N–H and O–H groups in total. The van der Waals surface area contributed by atoms with Gasteiger partial charge < -0.3 is 14.8 Å². The molecule has 0 bridgehead atoms. The first-order valence-electron chi connectivity index (χ1n) is 9.24. The Labute approximate surface area is 185 Å². The highest BCUT2D eigenvalue weighted by atomic mass is 35.5. The minimum absolute atomic E-state index is 0.119. The summed E-state index contributed by atoms with van der Waals surface area (Å²) < 4.78 is 37.7. The average molecular weight is 473 g/mol. The number of ether oxygens (including phenoxy) is 2. The zero-order valence-corrected chi connectivity index (χ0v) is 18.9. The van der Waals surface area contributed by atoms with Gasteiger partial charge in [0.15, 0.2) is 11.5 Å². The van der Waals surface area contributed by atoms with Crippen molar-refractivity contribution in [1.82, 2.24) is 4.31 Å². The quantitative estimate of drug-likeness (QED) is 0.685. The molecule has 162 valence electrons. The van der Waals surface area contributed by atoms with Crippen molar-refractivity contribution in [3.8, 4) is 11.5 Å². The van der Waals surface area contributed by atoms with Crippen molar-refractivity contribution in [2.24, 2.45) is 5.92 Å². The predicted molar refractivity (Wildman–Crippen MR) is 116 cm³/mol. The van der Waals surface area contributed by atoms with Crippen molar-refractivity contribution < 1.29 is 22.7 Å². The summed E-state index contributed by atoms with van der Waals surface area (Å²) in [6.45, 7) is 0.468. The second-order valence-corrected chi connectivity index (χ2v) is 9.59. The number of benzene rings is 2. The van der Waals surface area contributed by atoms with Crippen LogP contribution in [0.1, 0.15) is 12.8 Å². The molecule has 1 aliphatic heterocycles.